The van der Waals surface area contributed by atoms with Crippen LogP contribution in [0.15, 0.2) is 30.5 Å². The average Bonchev–Trinajstić information content (AvgIpc) is 3.13. The first-order chi connectivity index (χ1) is 15.8. The quantitative estimate of drug-likeness (QED) is 0.685. The number of fused-ring (bicyclic) bond motifs is 5. The molecule has 0 spiro atoms. The van der Waals surface area contributed by atoms with Crippen LogP contribution in [-0.4, -0.2) is 34.8 Å². The van der Waals surface area contributed by atoms with Gasteiger partial charge in [0.2, 0.25) is 11.8 Å². The molecule has 178 valence electrons. The molecule has 1 aromatic heterocycles. The van der Waals surface area contributed by atoms with E-state index in [9.17, 15) is 9.59 Å². The SMILES string of the molecule is CCc1ccc(NC(=O)C[C@H]2CC[C@H]3[C@@H]4CC[C@H]5N(C)C(=O)C=C[C@]5(C)[C@H]4CC[C@]23C)cn1. The largest absolute Gasteiger partial charge is 0.338 e. The lowest BCUT2D eigenvalue weighted by molar-refractivity contribution is -0.139. The molecule has 3 saturated carbocycles. The van der Waals surface area contributed by atoms with Crippen molar-refractivity contribution in [3.05, 3.63) is 36.2 Å². The van der Waals surface area contributed by atoms with Crippen LogP contribution in [0.25, 0.3) is 0 Å². The Balaban J connectivity index is 1.29. The second-order valence-electron chi connectivity index (χ2n) is 11.6. The molecule has 1 aliphatic heterocycles. The maximum absolute atomic E-state index is 12.9. The van der Waals surface area contributed by atoms with E-state index < -0.39 is 0 Å². The number of nitrogens with one attached hydrogen (secondary N) is 1. The molecule has 5 rings (SSSR count). The minimum atomic E-state index is 0.0834. The molecular weight excluding hydrogens is 410 g/mol. The van der Waals surface area contributed by atoms with E-state index in [1.54, 1.807) is 6.20 Å². The second-order valence-corrected chi connectivity index (χ2v) is 11.6. The Morgan fingerprint density at radius 2 is 1.97 bits per heavy atom. The van der Waals surface area contributed by atoms with Crippen LogP contribution in [0, 0.1) is 34.5 Å². The predicted octanol–water partition coefficient (Wildman–Crippen LogP) is 5.23. The summed E-state index contributed by atoms with van der Waals surface area (Å²) in [6.45, 7) is 6.95. The summed E-state index contributed by atoms with van der Waals surface area (Å²) in [6, 6.07) is 4.29. The highest BCUT2D eigenvalue weighted by atomic mass is 16.2. The summed E-state index contributed by atoms with van der Waals surface area (Å²) in [5, 5.41) is 3.09. The minimum absolute atomic E-state index is 0.0834. The van der Waals surface area contributed by atoms with E-state index in [1.807, 2.05) is 30.2 Å². The molecule has 0 radical (unpaired) electrons. The molecule has 0 aromatic carbocycles. The summed E-state index contributed by atoms with van der Waals surface area (Å²) in [5.41, 5.74) is 2.17. The average molecular weight is 450 g/mol. The molecule has 0 bridgehead atoms. The zero-order valence-electron chi connectivity index (χ0n) is 20.6. The summed E-state index contributed by atoms with van der Waals surface area (Å²) >= 11 is 0. The van der Waals surface area contributed by atoms with E-state index in [0.717, 1.165) is 30.6 Å². The Hall–Kier alpha value is -2.17. The topological polar surface area (TPSA) is 62.3 Å². The van der Waals surface area contributed by atoms with Crippen molar-refractivity contribution in [2.45, 2.75) is 78.2 Å². The number of carbonyl (C=O) groups is 2. The molecule has 1 N–H and O–H groups in total. The van der Waals surface area contributed by atoms with Crippen molar-refractivity contribution in [3.8, 4) is 0 Å². The van der Waals surface area contributed by atoms with Gasteiger partial charge in [-0.15, -0.1) is 0 Å². The molecule has 1 aromatic rings. The van der Waals surface area contributed by atoms with Crippen molar-refractivity contribution in [3.63, 3.8) is 0 Å². The van der Waals surface area contributed by atoms with E-state index >= 15 is 0 Å². The highest BCUT2D eigenvalue weighted by Crippen LogP contribution is 2.65. The number of amides is 2. The van der Waals surface area contributed by atoms with Gasteiger partial charge in [0.15, 0.2) is 0 Å². The first kappa shape index (κ1) is 22.6. The van der Waals surface area contributed by atoms with Crippen LogP contribution in [0.4, 0.5) is 5.69 Å². The summed E-state index contributed by atoms with van der Waals surface area (Å²) < 4.78 is 0. The summed E-state index contributed by atoms with van der Waals surface area (Å²) in [4.78, 5) is 31.6. The number of anilines is 1. The first-order valence-electron chi connectivity index (χ1n) is 13.0. The van der Waals surface area contributed by atoms with Crippen LogP contribution in [0.3, 0.4) is 0 Å². The van der Waals surface area contributed by atoms with Crippen LogP contribution in [0.5, 0.6) is 0 Å². The number of hydrogen-bond acceptors (Lipinski definition) is 3. The van der Waals surface area contributed by atoms with Gasteiger partial charge in [-0.25, -0.2) is 0 Å². The Labute approximate surface area is 198 Å². The number of aryl methyl sites for hydroxylation is 1. The number of hydrogen-bond donors (Lipinski definition) is 1. The van der Waals surface area contributed by atoms with Crippen LogP contribution < -0.4 is 5.32 Å². The van der Waals surface area contributed by atoms with Crippen molar-refractivity contribution in [1.29, 1.82) is 0 Å². The van der Waals surface area contributed by atoms with Gasteiger partial charge in [0.1, 0.15) is 0 Å². The van der Waals surface area contributed by atoms with Crippen molar-refractivity contribution in [1.82, 2.24) is 9.88 Å². The van der Waals surface area contributed by atoms with Gasteiger partial charge >= 0.3 is 0 Å². The number of carbonyl (C=O) groups excluding carboxylic acids is 2. The van der Waals surface area contributed by atoms with Crippen molar-refractivity contribution < 1.29 is 9.59 Å². The third kappa shape index (κ3) is 3.63. The standard InChI is InChI=1S/C28H39N3O2/c1-5-19-7-8-20(17-29-19)30-25(32)16-18-6-10-22-21-9-11-24-28(3,15-13-26(33)31(24)4)23(21)12-14-27(18,22)2/h7-8,13,15,17-18,21-24H,5-6,9-12,14,16H2,1-4H3,(H,30,32)/t18-,21+,22+,23+,24-,27-,28-/m1/s1. The van der Waals surface area contributed by atoms with E-state index in [4.69, 9.17) is 0 Å². The number of nitrogens with zero attached hydrogens (tertiary/aromatic N) is 2. The molecule has 4 aliphatic rings. The zero-order valence-corrected chi connectivity index (χ0v) is 20.6. The fraction of sp³-hybridized carbons (Fsp3) is 0.679. The van der Waals surface area contributed by atoms with Gasteiger partial charge in [0.25, 0.3) is 0 Å². The van der Waals surface area contributed by atoms with Gasteiger partial charge in [-0.05, 0) is 92.2 Å². The summed E-state index contributed by atoms with van der Waals surface area (Å²) in [7, 11) is 1.98. The fourth-order valence-electron chi connectivity index (χ4n) is 8.33. The third-order valence-electron chi connectivity index (χ3n) is 10.2. The predicted molar refractivity (Wildman–Crippen MR) is 130 cm³/mol. The molecule has 3 fully saturated rings. The maximum atomic E-state index is 12.9. The molecule has 7 atom stereocenters. The number of likely N-dealkylation sites (N-methyl/N-ethyl adjacent to an activating group) is 1. The summed E-state index contributed by atoms with van der Waals surface area (Å²) in [5.74, 6) is 2.76. The highest BCUT2D eigenvalue weighted by molar-refractivity contribution is 5.90. The van der Waals surface area contributed by atoms with E-state index in [0.29, 0.717) is 36.1 Å². The zero-order chi connectivity index (χ0) is 23.4. The lowest BCUT2D eigenvalue weighted by Gasteiger charge is -2.60. The van der Waals surface area contributed by atoms with Crippen molar-refractivity contribution in [2.75, 3.05) is 12.4 Å². The lowest BCUT2D eigenvalue weighted by atomic mass is 9.47. The van der Waals surface area contributed by atoms with Gasteiger partial charge < -0.3 is 10.2 Å². The number of rotatable bonds is 4. The molecule has 2 amide bonds. The third-order valence-corrected chi connectivity index (χ3v) is 10.2. The molecule has 33 heavy (non-hydrogen) atoms. The smallest absolute Gasteiger partial charge is 0.246 e. The van der Waals surface area contributed by atoms with Gasteiger partial charge in [-0.3, -0.25) is 14.6 Å². The van der Waals surface area contributed by atoms with E-state index in [1.165, 1.54) is 25.7 Å². The molecule has 3 aliphatic carbocycles. The molecule has 5 heteroatoms. The van der Waals surface area contributed by atoms with Gasteiger partial charge in [-0.1, -0.05) is 26.8 Å². The minimum Gasteiger partial charge on any atom is -0.338 e. The van der Waals surface area contributed by atoms with Crippen LogP contribution in [-0.2, 0) is 16.0 Å². The van der Waals surface area contributed by atoms with E-state index in [-0.39, 0.29) is 22.6 Å². The maximum Gasteiger partial charge on any atom is 0.246 e. The van der Waals surface area contributed by atoms with Crippen LogP contribution in [0.1, 0.15) is 71.4 Å². The molecule has 5 nitrogen and oxygen atoms in total. The van der Waals surface area contributed by atoms with Gasteiger partial charge in [0, 0.05) is 30.6 Å². The van der Waals surface area contributed by atoms with Crippen molar-refractivity contribution >= 4 is 17.5 Å². The Morgan fingerprint density at radius 1 is 1.15 bits per heavy atom. The summed E-state index contributed by atoms with van der Waals surface area (Å²) in [6.07, 6.45) is 14.5. The van der Waals surface area contributed by atoms with Gasteiger partial charge in [0.05, 0.1) is 11.9 Å². The van der Waals surface area contributed by atoms with Crippen molar-refractivity contribution in [2.24, 2.45) is 34.5 Å². The Kier molecular flexibility index (Phi) is 5.65. The van der Waals surface area contributed by atoms with Crippen LogP contribution >= 0.6 is 0 Å². The molecule has 0 unspecified atom stereocenters. The molecule has 2 heterocycles. The number of pyridine rings is 1. The Morgan fingerprint density at radius 3 is 2.70 bits per heavy atom. The highest BCUT2D eigenvalue weighted by Gasteiger charge is 2.60. The van der Waals surface area contributed by atoms with E-state index in [2.05, 4.69) is 37.1 Å². The molecule has 0 saturated heterocycles. The number of aromatic nitrogens is 1. The second kappa shape index (κ2) is 8.25. The Bertz CT molecular complexity index is 956. The van der Waals surface area contributed by atoms with Crippen LogP contribution in [0.2, 0.25) is 0 Å². The monoisotopic (exact) mass is 449 g/mol. The molecular formula is C28H39N3O2. The van der Waals surface area contributed by atoms with Gasteiger partial charge in [-0.2, -0.15) is 0 Å². The lowest BCUT2D eigenvalue weighted by Crippen LogP contribution is -2.59. The fourth-order valence-corrected chi connectivity index (χ4v) is 8.33. The normalized spacial score (nSPS) is 39.6. The first-order valence-corrected chi connectivity index (χ1v) is 13.0.